The Balaban J connectivity index is 1.89. The fraction of sp³-hybridized carbons (Fsp3) is 0.167. The van der Waals surface area contributed by atoms with Crippen molar-refractivity contribution in [3.05, 3.63) is 81.1 Å². The van der Waals surface area contributed by atoms with Crippen LogP contribution in [0.25, 0.3) is 11.8 Å². The molecule has 0 spiro atoms. The largest absolute Gasteiger partial charge is 0.494 e. The Kier molecular flexibility index (Phi) is 7.06. The Labute approximate surface area is 191 Å². The van der Waals surface area contributed by atoms with Gasteiger partial charge < -0.3 is 14.6 Å². The van der Waals surface area contributed by atoms with Gasteiger partial charge in [-0.05, 0) is 80.9 Å². The highest BCUT2D eigenvalue weighted by Gasteiger charge is 2.14. The van der Waals surface area contributed by atoms with Gasteiger partial charge in [0.25, 0.3) is 5.91 Å². The van der Waals surface area contributed by atoms with E-state index in [1.807, 2.05) is 57.2 Å². The van der Waals surface area contributed by atoms with Crippen molar-refractivity contribution in [3.63, 3.8) is 0 Å². The van der Waals surface area contributed by atoms with Gasteiger partial charge in [0.05, 0.1) is 16.7 Å². The molecule has 0 aliphatic heterocycles. The SMILES string of the molecule is CCOc1ccc(-n2c(C)cc(/C=C(/C#N)C(=O)Nc3ccc(Cl)c(Cl)c3)c2C)cc1. The molecule has 0 fully saturated rings. The maximum atomic E-state index is 12.6. The molecular weight excluding hydrogens is 433 g/mol. The Morgan fingerprint density at radius 3 is 2.45 bits per heavy atom. The van der Waals surface area contributed by atoms with Gasteiger partial charge in [-0.3, -0.25) is 4.79 Å². The maximum Gasteiger partial charge on any atom is 0.266 e. The van der Waals surface area contributed by atoms with Gasteiger partial charge >= 0.3 is 0 Å². The fourth-order valence-electron chi connectivity index (χ4n) is 3.27. The molecule has 1 amide bonds. The molecule has 0 bridgehead atoms. The number of ether oxygens (including phenoxy) is 1. The lowest BCUT2D eigenvalue weighted by Gasteiger charge is -2.11. The second-order valence-electron chi connectivity index (χ2n) is 6.84. The summed E-state index contributed by atoms with van der Waals surface area (Å²) in [4.78, 5) is 12.6. The molecule has 158 valence electrons. The van der Waals surface area contributed by atoms with Gasteiger partial charge in [0, 0.05) is 22.8 Å². The molecule has 3 rings (SSSR count). The van der Waals surface area contributed by atoms with E-state index in [4.69, 9.17) is 27.9 Å². The van der Waals surface area contributed by atoms with Gasteiger partial charge in [-0.25, -0.2) is 0 Å². The van der Waals surface area contributed by atoms with E-state index in [0.717, 1.165) is 28.4 Å². The molecule has 0 radical (unpaired) electrons. The van der Waals surface area contributed by atoms with Crippen LogP contribution in [0, 0.1) is 25.2 Å². The van der Waals surface area contributed by atoms with Crippen LogP contribution in [0.1, 0.15) is 23.9 Å². The number of nitriles is 1. The lowest BCUT2D eigenvalue weighted by atomic mass is 10.1. The van der Waals surface area contributed by atoms with Crippen LogP contribution in [0.3, 0.4) is 0 Å². The number of carbonyl (C=O) groups excluding carboxylic acids is 1. The molecule has 0 saturated carbocycles. The van der Waals surface area contributed by atoms with E-state index in [1.165, 1.54) is 6.07 Å². The summed E-state index contributed by atoms with van der Waals surface area (Å²) in [6.45, 7) is 6.47. The second-order valence-corrected chi connectivity index (χ2v) is 7.66. The lowest BCUT2D eigenvalue weighted by Crippen LogP contribution is -2.13. The first-order chi connectivity index (χ1) is 14.8. The van der Waals surface area contributed by atoms with Gasteiger partial charge in [-0.15, -0.1) is 0 Å². The van der Waals surface area contributed by atoms with Crippen molar-refractivity contribution in [1.29, 1.82) is 5.26 Å². The summed E-state index contributed by atoms with van der Waals surface area (Å²) < 4.78 is 7.57. The van der Waals surface area contributed by atoms with Crippen molar-refractivity contribution in [2.45, 2.75) is 20.8 Å². The van der Waals surface area contributed by atoms with E-state index in [1.54, 1.807) is 18.2 Å². The van der Waals surface area contributed by atoms with Crippen LogP contribution in [-0.4, -0.2) is 17.1 Å². The number of amides is 1. The van der Waals surface area contributed by atoms with E-state index >= 15 is 0 Å². The Morgan fingerprint density at radius 2 is 1.84 bits per heavy atom. The molecule has 1 heterocycles. The number of halogens is 2. The highest BCUT2D eigenvalue weighted by molar-refractivity contribution is 6.42. The molecule has 3 aromatic rings. The van der Waals surface area contributed by atoms with Crippen LogP contribution in [-0.2, 0) is 4.79 Å². The minimum atomic E-state index is -0.522. The van der Waals surface area contributed by atoms with Gasteiger partial charge in [0.2, 0.25) is 0 Å². The van der Waals surface area contributed by atoms with Crippen LogP contribution in [0.5, 0.6) is 5.75 Å². The number of hydrogen-bond donors (Lipinski definition) is 1. The van der Waals surface area contributed by atoms with Gasteiger partial charge in [-0.1, -0.05) is 23.2 Å². The molecule has 0 unspecified atom stereocenters. The molecule has 0 aliphatic rings. The number of nitrogens with one attached hydrogen (secondary N) is 1. The Hall–Kier alpha value is -3.20. The van der Waals surface area contributed by atoms with Crippen molar-refractivity contribution in [3.8, 4) is 17.5 Å². The summed E-state index contributed by atoms with van der Waals surface area (Å²) in [5.74, 6) is 0.284. The van der Waals surface area contributed by atoms with Crippen molar-refractivity contribution in [1.82, 2.24) is 4.57 Å². The highest BCUT2D eigenvalue weighted by Crippen LogP contribution is 2.27. The molecule has 0 saturated heterocycles. The number of benzene rings is 2. The summed E-state index contributed by atoms with van der Waals surface area (Å²) in [7, 11) is 0. The molecule has 0 atom stereocenters. The monoisotopic (exact) mass is 453 g/mol. The summed E-state index contributed by atoms with van der Waals surface area (Å²) in [5, 5.41) is 12.9. The summed E-state index contributed by atoms with van der Waals surface area (Å²) in [6, 6.07) is 16.4. The van der Waals surface area contributed by atoms with Crippen molar-refractivity contribution < 1.29 is 9.53 Å². The van der Waals surface area contributed by atoms with Crippen molar-refractivity contribution >= 4 is 40.9 Å². The summed E-state index contributed by atoms with van der Waals surface area (Å²) in [6.07, 6.45) is 1.58. The zero-order valence-electron chi connectivity index (χ0n) is 17.4. The maximum absolute atomic E-state index is 12.6. The summed E-state index contributed by atoms with van der Waals surface area (Å²) in [5.41, 5.74) is 4.09. The fourth-order valence-corrected chi connectivity index (χ4v) is 3.56. The standard InChI is InChI=1S/C24H21Cl2N3O2/c1-4-31-21-8-6-20(7-9-21)29-15(2)11-17(16(29)3)12-18(14-27)24(30)28-19-5-10-22(25)23(26)13-19/h5-13H,4H2,1-3H3,(H,28,30)/b18-12-. The normalized spacial score (nSPS) is 11.2. The van der Waals surface area contributed by atoms with Crippen LogP contribution < -0.4 is 10.1 Å². The topological polar surface area (TPSA) is 67.0 Å². The zero-order chi connectivity index (χ0) is 22.5. The van der Waals surface area contributed by atoms with E-state index in [2.05, 4.69) is 9.88 Å². The van der Waals surface area contributed by atoms with Gasteiger partial charge in [0.1, 0.15) is 17.4 Å². The predicted octanol–water partition coefficient (Wildman–Crippen LogP) is 6.35. The molecule has 5 nitrogen and oxygen atoms in total. The van der Waals surface area contributed by atoms with Gasteiger partial charge in [0.15, 0.2) is 0 Å². The summed E-state index contributed by atoms with van der Waals surface area (Å²) >= 11 is 11.9. The number of aromatic nitrogens is 1. The van der Waals surface area contributed by atoms with Crippen LogP contribution >= 0.6 is 23.2 Å². The smallest absolute Gasteiger partial charge is 0.266 e. The number of aryl methyl sites for hydroxylation is 1. The second kappa shape index (κ2) is 9.74. The van der Waals surface area contributed by atoms with E-state index in [-0.39, 0.29) is 5.57 Å². The Bertz CT molecular complexity index is 1190. The van der Waals surface area contributed by atoms with Crippen molar-refractivity contribution in [2.24, 2.45) is 0 Å². The first-order valence-corrected chi connectivity index (χ1v) is 10.4. The Morgan fingerprint density at radius 1 is 1.13 bits per heavy atom. The minimum absolute atomic E-state index is 0.0157. The average Bonchev–Trinajstić information content (AvgIpc) is 3.02. The quantitative estimate of drug-likeness (QED) is 0.349. The molecule has 1 aromatic heterocycles. The van der Waals surface area contributed by atoms with Crippen LogP contribution in [0.2, 0.25) is 10.0 Å². The number of nitrogens with zero attached hydrogens (tertiary/aromatic N) is 2. The highest BCUT2D eigenvalue weighted by atomic mass is 35.5. The van der Waals surface area contributed by atoms with Gasteiger partial charge in [-0.2, -0.15) is 5.26 Å². The van der Waals surface area contributed by atoms with E-state index < -0.39 is 5.91 Å². The first kappa shape index (κ1) is 22.5. The molecule has 0 aliphatic carbocycles. The lowest BCUT2D eigenvalue weighted by molar-refractivity contribution is -0.112. The number of rotatable bonds is 6. The van der Waals surface area contributed by atoms with Crippen molar-refractivity contribution in [2.75, 3.05) is 11.9 Å². The molecule has 7 heteroatoms. The molecule has 1 N–H and O–H groups in total. The first-order valence-electron chi connectivity index (χ1n) is 9.64. The minimum Gasteiger partial charge on any atom is -0.494 e. The third-order valence-electron chi connectivity index (χ3n) is 4.72. The molecule has 2 aromatic carbocycles. The predicted molar refractivity (Wildman–Crippen MR) is 125 cm³/mol. The number of carbonyl (C=O) groups is 1. The van der Waals surface area contributed by atoms with Crippen LogP contribution in [0.4, 0.5) is 5.69 Å². The van der Waals surface area contributed by atoms with Crippen LogP contribution in [0.15, 0.2) is 54.1 Å². The molecular formula is C24H21Cl2N3O2. The number of hydrogen-bond acceptors (Lipinski definition) is 3. The van der Waals surface area contributed by atoms with E-state index in [0.29, 0.717) is 22.3 Å². The third kappa shape index (κ3) is 5.11. The zero-order valence-corrected chi connectivity index (χ0v) is 18.9. The molecule has 31 heavy (non-hydrogen) atoms. The van der Waals surface area contributed by atoms with E-state index in [9.17, 15) is 10.1 Å². The average molecular weight is 454 g/mol. The number of anilines is 1. The third-order valence-corrected chi connectivity index (χ3v) is 5.46.